The zero-order valence-corrected chi connectivity index (χ0v) is 16.6. The molecule has 0 aliphatic heterocycles. The molecule has 2 rings (SSSR count). The normalized spacial score (nSPS) is 12.4. The van der Waals surface area contributed by atoms with Gasteiger partial charge in [0, 0.05) is 13.1 Å². The third-order valence-corrected chi connectivity index (χ3v) is 3.95. The lowest BCUT2D eigenvalue weighted by Crippen LogP contribution is -2.39. The number of aliphatic hydroxyl groups is 1. The van der Waals surface area contributed by atoms with E-state index in [0.717, 1.165) is 23.4 Å². The lowest BCUT2D eigenvalue weighted by atomic mass is 10.1. The molecule has 2 aromatic rings. The van der Waals surface area contributed by atoms with Gasteiger partial charge in [-0.2, -0.15) is 5.26 Å². The Hall–Kier alpha value is -3.04. The molecule has 3 N–H and O–H groups in total. The molecule has 6 nitrogen and oxygen atoms in total. The number of guanidine groups is 1. The number of rotatable bonds is 8. The standard InChI is InChI=1S/C22H28N4O2/c1-4-24-22(25-14-18-7-5-17(13-23)6-8-18)26-15-21(27)19-9-11-20(12-10-19)28-16(2)3/h5-12,16,21,27H,4,14-15H2,1-3H3,(H2,24,25,26). The van der Waals surface area contributed by atoms with Crippen LogP contribution in [0.2, 0.25) is 0 Å². The highest BCUT2D eigenvalue weighted by atomic mass is 16.5. The molecular formula is C22H28N4O2. The summed E-state index contributed by atoms with van der Waals surface area (Å²) in [5.41, 5.74) is 2.45. The van der Waals surface area contributed by atoms with Gasteiger partial charge in [-0.25, -0.2) is 4.99 Å². The van der Waals surface area contributed by atoms with Crippen molar-refractivity contribution in [2.45, 2.75) is 39.5 Å². The average Bonchev–Trinajstić information content (AvgIpc) is 2.70. The van der Waals surface area contributed by atoms with Gasteiger partial charge in [-0.1, -0.05) is 24.3 Å². The van der Waals surface area contributed by atoms with Gasteiger partial charge in [0.1, 0.15) is 5.75 Å². The van der Waals surface area contributed by atoms with E-state index in [0.29, 0.717) is 24.6 Å². The first kappa shape index (κ1) is 21.3. The molecular weight excluding hydrogens is 352 g/mol. The largest absolute Gasteiger partial charge is 0.491 e. The smallest absolute Gasteiger partial charge is 0.191 e. The Bertz CT molecular complexity index is 793. The number of nitrogens with one attached hydrogen (secondary N) is 2. The van der Waals surface area contributed by atoms with Crippen LogP contribution in [0.5, 0.6) is 5.75 Å². The number of aliphatic imine (C=N–C) groups is 1. The van der Waals surface area contributed by atoms with Gasteiger partial charge in [-0.3, -0.25) is 0 Å². The van der Waals surface area contributed by atoms with Crippen molar-refractivity contribution in [2.75, 3.05) is 13.1 Å². The molecule has 28 heavy (non-hydrogen) atoms. The molecule has 0 saturated heterocycles. The minimum absolute atomic E-state index is 0.118. The van der Waals surface area contributed by atoms with Crippen LogP contribution < -0.4 is 15.4 Å². The molecule has 6 heteroatoms. The van der Waals surface area contributed by atoms with Crippen molar-refractivity contribution in [3.05, 3.63) is 65.2 Å². The molecule has 0 fully saturated rings. The topological polar surface area (TPSA) is 89.7 Å². The Morgan fingerprint density at radius 3 is 2.36 bits per heavy atom. The van der Waals surface area contributed by atoms with E-state index < -0.39 is 6.10 Å². The highest BCUT2D eigenvalue weighted by molar-refractivity contribution is 5.79. The number of aliphatic hydroxyl groups excluding tert-OH is 1. The predicted molar refractivity (Wildman–Crippen MR) is 111 cm³/mol. The second-order valence-corrected chi connectivity index (χ2v) is 6.64. The molecule has 0 saturated carbocycles. The first-order chi connectivity index (χ1) is 13.5. The first-order valence-corrected chi connectivity index (χ1v) is 9.47. The van der Waals surface area contributed by atoms with Crippen LogP contribution in [-0.2, 0) is 6.54 Å². The van der Waals surface area contributed by atoms with Gasteiger partial charge in [-0.05, 0) is 56.2 Å². The molecule has 0 bridgehead atoms. The van der Waals surface area contributed by atoms with Crippen LogP contribution in [0.3, 0.4) is 0 Å². The predicted octanol–water partition coefficient (Wildman–Crippen LogP) is 3.13. The van der Waals surface area contributed by atoms with Crippen LogP contribution >= 0.6 is 0 Å². The summed E-state index contributed by atoms with van der Waals surface area (Å²) >= 11 is 0. The second kappa shape index (κ2) is 11.0. The lowest BCUT2D eigenvalue weighted by molar-refractivity contribution is 0.180. The molecule has 0 amide bonds. The van der Waals surface area contributed by atoms with Crippen molar-refractivity contribution < 1.29 is 9.84 Å². The molecule has 2 aromatic carbocycles. The summed E-state index contributed by atoms with van der Waals surface area (Å²) in [5.74, 6) is 1.42. The van der Waals surface area contributed by atoms with Crippen molar-refractivity contribution in [1.82, 2.24) is 10.6 Å². The van der Waals surface area contributed by atoms with Crippen molar-refractivity contribution in [2.24, 2.45) is 4.99 Å². The van der Waals surface area contributed by atoms with Gasteiger partial charge in [0.2, 0.25) is 0 Å². The number of ether oxygens (including phenoxy) is 1. The van der Waals surface area contributed by atoms with Crippen LogP contribution in [0.4, 0.5) is 0 Å². The Labute approximate surface area is 166 Å². The zero-order valence-electron chi connectivity index (χ0n) is 16.6. The van der Waals surface area contributed by atoms with Crippen LogP contribution in [0.25, 0.3) is 0 Å². The molecule has 1 atom stereocenters. The fourth-order valence-corrected chi connectivity index (χ4v) is 2.55. The molecule has 0 heterocycles. The van der Waals surface area contributed by atoms with E-state index in [1.54, 1.807) is 12.1 Å². The van der Waals surface area contributed by atoms with E-state index >= 15 is 0 Å². The maximum atomic E-state index is 10.4. The Balaban J connectivity index is 1.92. The van der Waals surface area contributed by atoms with E-state index in [2.05, 4.69) is 21.7 Å². The third-order valence-electron chi connectivity index (χ3n) is 3.95. The van der Waals surface area contributed by atoms with Gasteiger partial charge < -0.3 is 20.5 Å². The van der Waals surface area contributed by atoms with Crippen LogP contribution in [0.1, 0.15) is 43.6 Å². The number of nitriles is 1. The van der Waals surface area contributed by atoms with Gasteiger partial charge in [0.25, 0.3) is 0 Å². The van der Waals surface area contributed by atoms with Crippen LogP contribution in [0.15, 0.2) is 53.5 Å². The monoisotopic (exact) mass is 380 g/mol. The van der Waals surface area contributed by atoms with Crippen molar-refractivity contribution in [3.63, 3.8) is 0 Å². The number of benzene rings is 2. The van der Waals surface area contributed by atoms with E-state index in [4.69, 9.17) is 10.00 Å². The second-order valence-electron chi connectivity index (χ2n) is 6.64. The Kier molecular flexibility index (Phi) is 8.32. The van der Waals surface area contributed by atoms with Gasteiger partial charge in [0.15, 0.2) is 5.96 Å². The Morgan fingerprint density at radius 1 is 1.11 bits per heavy atom. The molecule has 0 spiro atoms. The Morgan fingerprint density at radius 2 is 1.79 bits per heavy atom. The summed E-state index contributed by atoms with van der Waals surface area (Å²) in [6, 6.07) is 16.9. The third kappa shape index (κ3) is 6.93. The molecule has 0 aromatic heterocycles. The highest BCUT2D eigenvalue weighted by Crippen LogP contribution is 2.18. The maximum absolute atomic E-state index is 10.4. The zero-order chi connectivity index (χ0) is 20.4. The SMILES string of the molecule is CCNC(=NCc1ccc(C#N)cc1)NCC(O)c1ccc(OC(C)C)cc1. The summed E-state index contributed by atoms with van der Waals surface area (Å²) in [5, 5.41) is 25.6. The quantitative estimate of drug-likeness (QED) is 0.484. The highest BCUT2D eigenvalue weighted by Gasteiger charge is 2.09. The van der Waals surface area contributed by atoms with Crippen molar-refractivity contribution in [1.29, 1.82) is 5.26 Å². The molecule has 148 valence electrons. The number of nitrogens with zero attached hydrogens (tertiary/aromatic N) is 2. The first-order valence-electron chi connectivity index (χ1n) is 9.47. The van der Waals surface area contributed by atoms with Crippen molar-refractivity contribution in [3.8, 4) is 11.8 Å². The lowest BCUT2D eigenvalue weighted by Gasteiger charge is -2.16. The fourth-order valence-electron chi connectivity index (χ4n) is 2.55. The molecule has 0 aliphatic rings. The van der Waals surface area contributed by atoms with E-state index in [1.807, 2.05) is 57.2 Å². The van der Waals surface area contributed by atoms with E-state index in [9.17, 15) is 5.11 Å². The minimum atomic E-state index is -0.660. The van der Waals surface area contributed by atoms with Crippen LogP contribution in [-0.4, -0.2) is 30.3 Å². The van der Waals surface area contributed by atoms with Gasteiger partial charge in [-0.15, -0.1) is 0 Å². The van der Waals surface area contributed by atoms with Crippen molar-refractivity contribution >= 4 is 5.96 Å². The maximum Gasteiger partial charge on any atom is 0.191 e. The minimum Gasteiger partial charge on any atom is -0.491 e. The molecule has 0 radical (unpaired) electrons. The fraction of sp³-hybridized carbons (Fsp3) is 0.364. The van der Waals surface area contributed by atoms with Gasteiger partial charge >= 0.3 is 0 Å². The number of hydrogen-bond donors (Lipinski definition) is 3. The summed E-state index contributed by atoms with van der Waals surface area (Å²) in [4.78, 5) is 4.53. The van der Waals surface area contributed by atoms with Gasteiger partial charge in [0.05, 0.1) is 30.4 Å². The summed E-state index contributed by atoms with van der Waals surface area (Å²) in [6.45, 7) is 7.49. The summed E-state index contributed by atoms with van der Waals surface area (Å²) in [6.07, 6.45) is -0.542. The van der Waals surface area contributed by atoms with E-state index in [1.165, 1.54) is 0 Å². The summed E-state index contributed by atoms with van der Waals surface area (Å²) < 4.78 is 5.62. The summed E-state index contributed by atoms with van der Waals surface area (Å²) in [7, 11) is 0. The van der Waals surface area contributed by atoms with E-state index in [-0.39, 0.29) is 6.10 Å². The van der Waals surface area contributed by atoms with Crippen LogP contribution in [0, 0.1) is 11.3 Å². The molecule has 1 unspecified atom stereocenters. The molecule has 0 aliphatic carbocycles. The number of hydrogen-bond acceptors (Lipinski definition) is 4. The average molecular weight is 380 g/mol.